The summed E-state index contributed by atoms with van der Waals surface area (Å²) in [5, 5.41) is 14.4. The van der Waals surface area contributed by atoms with E-state index in [1.54, 1.807) is 43.3 Å². The Morgan fingerprint density at radius 3 is 2.26 bits per heavy atom. The molecule has 1 N–H and O–H groups in total. The molecule has 0 radical (unpaired) electrons. The van der Waals surface area contributed by atoms with Gasteiger partial charge in [-0.1, -0.05) is 48.9 Å². The van der Waals surface area contributed by atoms with E-state index in [0.717, 1.165) is 17.5 Å². The third-order valence-electron chi connectivity index (χ3n) is 4.63. The molecule has 1 atom stereocenters. The molecule has 1 heterocycles. The quantitative estimate of drug-likeness (QED) is 0.878. The maximum Gasteiger partial charge on any atom is 0.438 e. The molecule has 1 amide bonds. The van der Waals surface area contributed by atoms with Crippen molar-refractivity contribution in [3.63, 3.8) is 0 Å². The van der Waals surface area contributed by atoms with Gasteiger partial charge in [0.25, 0.3) is 11.6 Å². The normalized spacial score (nSPS) is 19.9. The van der Waals surface area contributed by atoms with Crippen LogP contribution in [0.3, 0.4) is 0 Å². The maximum absolute atomic E-state index is 13.6. The predicted octanol–water partition coefficient (Wildman–Crippen LogP) is 4.06. The van der Waals surface area contributed by atoms with Gasteiger partial charge in [-0.05, 0) is 36.6 Å². The first-order valence-electron chi connectivity index (χ1n) is 8.53. The van der Waals surface area contributed by atoms with Gasteiger partial charge >= 0.3 is 6.18 Å². The summed E-state index contributed by atoms with van der Waals surface area (Å²) in [6.07, 6.45) is -5.08. The highest BCUT2D eigenvalue weighted by Crippen LogP contribution is 2.42. The zero-order chi connectivity index (χ0) is 19.8. The molecular formula is C20H19F3N2O2. The van der Waals surface area contributed by atoms with E-state index in [1.165, 1.54) is 12.1 Å². The van der Waals surface area contributed by atoms with Gasteiger partial charge in [0.05, 0.1) is 12.1 Å². The molecule has 0 unspecified atom stereocenters. The Balaban J connectivity index is 2.01. The number of aliphatic hydroxyl groups is 1. The van der Waals surface area contributed by atoms with Gasteiger partial charge in [-0.25, -0.2) is 0 Å². The molecule has 2 aromatic carbocycles. The minimum absolute atomic E-state index is 0.0120. The van der Waals surface area contributed by atoms with Crippen LogP contribution < -0.4 is 0 Å². The van der Waals surface area contributed by atoms with E-state index in [4.69, 9.17) is 0 Å². The molecule has 1 aliphatic rings. The molecular weight excluding hydrogens is 357 g/mol. The molecule has 0 aliphatic carbocycles. The summed E-state index contributed by atoms with van der Waals surface area (Å²) in [5.74, 6) is -1.00. The highest BCUT2D eigenvalue weighted by molar-refractivity contribution is 6.05. The van der Waals surface area contributed by atoms with Crippen LogP contribution in [0.1, 0.15) is 40.4 Å². The monoisotopic (exact) mass is 376 g/mol. The number of hydrazone groups is 1. The summed E-state index contributed by atoms with van der Waals surface area (Å²) in [4.78, 5) is 12.7. The zero-order valence-electron chi connectivity index (χ0n) is 14.9. The molecule has 0 saturated carbocycles. The molecule has 0 bridgehead atoms. The summed E-state index contributed by atoms with van der Waals surface area (Å²) in [7, 11) is 0. The standard InChI is InChI=1S/C20H19F3N2O2/c1-3-14-6-10-15(11-7-14)17-12-19(27,20(21,22)23)25(24-17)18(26)16-8-4-13(2)5-9-16/h4-11,27H,3,12H2,1-2H3/t19-/m0/s1. The summed E-state index contributed by atoms with van der Waals surface area (Å²) in [6, 6.07) is 12.9. The minimum atomic E-state index is -5.05. The van der Waals surface area contributed by atoms with Crippen molar-refractivity contribution in [2.75, 3.05) is 0 Å². The molecule has 142 valence electrons. The number of alkyl halides is 3. The summed E-state index contributed by atoms with van der Waals surface area (Å²) < 4.78 is 40.9. The lowest BCUT2D eigenvalue weighted by molar-refractivity contribution is -0.297. The SMILES string of the molecule is CCc1ccc(C2=NN(C(=O)c3ccc(C)cc3)[C@@](O)(C(F)(F)F)C2)cc1. The van der Waals surface area contributed by atoms with Gasteiger partial charge < -0.3 is 5.11 Å². The van der Waals surface area contributed by atoms with Crippen LogP contribution in [0.4, 0.5) is 13.2 Å². The van der Waals surface area contributed by atoms with E-state index in [1.807, 2.05) is 6.92 Å². The van der Waals surface area contributed by atoms with Crippen LogP contribution in [0.25, 0.3) is 0 Å². The van der Waals surface area contributed by atoms with Crippen molar-refractivity contribution in [1.82, 2.24) is 5.01 Å². The van der Waals surface area contributed by atoms with Crippen molar-refractivity contribution in [2.45, 2.75) is 38.6 Å². The molecule has 3 rings (SSSR count). The van der Waals surface area contributed by atoms with Crippen molar-refractivity contribution in [3.05, 3.63) is 70.8 Å². The number of nitrogens with zero attached hydrogens (tertiary/aromatic N) is 2. The summed E-state index contributed by atoms with van der Waals surface area (Å²) in [5.41, 5.74) is -1.02. The zero-order valence-corrected chi connectivity index (χ0v) is 14.9. The molecule has 0 spiro atoms. The number of benzene rings is 2. The third kappa shape index (κ3) is 3.47. The number of hydrogen-bond donors (Lipinski definition) is 1. The van der Waals surface area contributed by atoms with Gasteiger partial charge in [-0.2, -0.15) is 23.3 Å². The molecule has 1 aliphatic heterocycles. The van der Waals surface area contributed by atoms with Gasteiger partial charge in [0.2, 0.25) is 0 Å². The fourth-order valence-electron chi connectivity index (χ4n) is 2.89. The maximum atomic E-state index is 13.6. The van der Waals surface area contributed by atoms with Gasteiger partial charge in [0, 0.05) is 5.56 Å². The van der Waals surface area contributed by atoms with E-state index < -0.39 is 24.2 Å². The van der Waals surface area contributed by atoms with Crippen LogP contribution in [0.5, 0.6) is 0 Å². The lowest BCUT2D eigenvalue weighted by Gasteiger charge is -2.32. The van der Waals surface area contributed by atoms with Gasteiger partial charge in [0.1, 0.15) is 0 Å². The first kappa shape index (κ1) is 19.1. The predicted molar refractivity (Wildman–Crippen MR) is 95.3 cm³/mol. The number of aryl methyl sites for hydroxylation is 2. The number of halogens is 3. The van der Waals surface area contributed by atoms with Crippen LogP contribution in [-0.4, -0.2) is 33.6 Å². The molecule has 7 heteroatoms. The van der Waals surface area contributed by atoms with Crippen molar-refractivity contribution in [1.29, 1.82) is 0 Å². The fourth-order valence-corrected chi connectivity index (χ4v) is 2.89. The first-order valence-corrected chi connectivity index (χ1v) is 8.53. The van der Waals surface area contributed by atoms with E-state index in [0.29, 0.717) is 5.56 Å². The topological polar surface area (TPSA) is 52.9 Å². The van der Waals surface area contributed by atoms with E-state index in [2.05, 4.69) is 5.10 Å². The lowest BCUT2D eigenvalue weighted by Crippen LogP contribution is -2.56. The van der Waals surface area contributed by atoms with Crippen LogP contribution in [0, 0.1) is 6.92 Å². The second-order valence-electron chi connectivity index (χ2n) is 6.57. The second-order valence-corrected chi connectivity index (χ2v) is 6.57. The smallest absolute Gasteiger partial charge is 0.362 e. The third-order valence-corrected chi connectivity index (χ3v) is 4.63. The van der Waals surface area contributed by atoms with Crippen molar-refractivity contribution >= 4 is 11.6 Å². The molecule has 0 aromatic heterocycles. The molecule has 2 aromatic rings. The molecule has 0 saturated heterocycles. The lowest BCUT2D eigenvalue weighted by atomic mass is 9.99. The Morgan fingerprint density at radius 1 is 1.15 bits per heavy atom. The van der Waals surface area contributed by atoms with Gasteiger partial charge in [0.15, 0.2) is 0 Å². The number of carbonyl (C=O) groups is 1. The fraction of sp³-hybridized carbons (Fsp3) is 0.300. The highest BCUT2D eigenvalue weighted by atomic mass is 19.4. The first-order chi connectivity index (χ1) is 12.7. The second kappa shape index (κ2) is 6.81. The average Bonchev–Trinajstić information content (AvgIpc) is 3.01. The van der Waals surface area contributed by atoms with Crippen LogP contribution >= 0.6 is 0 Å². The van der Waals surface area contributed by atoms with Gasteiger partial charge in [-0.3, -0.25) is 4.79 Å². The van der Waals surface area contributed by atoms with Crippen molar-refractivity contribution in [3.8, 4) is 0 Å². The van der Waals surface area contributed by atoms with E-state index >= 15 is 0 Å². The summed E-state index contributed by atoms with van der Waals surface area (Å²) >= 11 is 0. The Labute approximate surface area is 154 Å². The summed E-state index contributed by atoms with van der Waals surface area (Å²) in [6.45, 7) is 3.76. The van der Waals surface area contributed by atoms with Crippen molar-refractivity contribution in [2.24, 2.45) is 5.10 Å². The van der Waals surface area contributed by atoms with Crippen LogP contribution in [0.15, 0.2) is 53.6 Å². The molecule has 4 nitrogen and oxygen atoms in total. The number of rotatable bonds is 3. The van der Waals surface area contributed by atoms with E-state index in [9.17, 15) is 23.1 Å². The molecule has 0 fully saturated rings. The Bertz CT molecular complexity index is 874. The number of carbonyl (C=O) groups excluding carboxylic acids is 1. The van der Waals surface area contributed by atoms with Crippen LogP contribution in [-0.2, 0) is 6.42 Å². The number of hydrogen-bond acceptors (Lipinski definition) is 3. The van der Waals surface area contributed by atoms with Crippen molar-refractivity contribution < 1.29 is 23.1 Å². The molecule has 27 heavy (non-hydrogen) atoms. The Morgan fingerprint density at radius 2 is 1.74 bits per heavy atom. The average molecular weight is 376 g/mol. The number of amides is 1. The Hall–Kier alpha value is -2.67. The largest absolute Gasteiger partial charge is 0.438 e. The van der Waals surface area contributed by atoms with E-state index in [-0.39, 0.29) is 16.3 Å². The minimum Gasteiger partial charge on any atom is -0.362 e. The Kier molecular flexibility index (Phi) is 4.82. The van der Waals surface area contributed by atoms with Crippen LogP contribution in [0.2, 0.25) is 0 Å². The highest BCUT2D eigenvalue weighted by Gasteiger charge is 2.63. The van der Waals surface area contributed by atoms with Gasteiger partial charge in [-0.15, -0.1) is 0 Å².